The van der Waals surface area contributed by atoms with Crippen molar-refractivity contribution >= 4 is 11.6 Å². The van der Waals surface area contributed by atoms with E-state index in [1.807, 2.05) is 25.5 Å². The molecular formula is C21H25CoN2O3-. The first-order chi connectivity index (χ1) is 12.6. The molecule has 2 rings (SSSR count). The van der Waals surface area contributed by atoms with Crippen LogP contribution >= 0.6 is 0 Å². The number of ketones is 2. The molecule has 0 heterocycles. The summed E-state index contributed by atoms with van der Waals surface area (Å²) in [5.41, 5.74) is 1.23. The maximum absolute atomic E-state index is 11.8. The second-order valence-electron chi connectivity index (χ2n) is 5.98. The summed E-state index contributed by atoms with van der Waals surface area (Å²) in [6.07, 6.45) is 19.9. The molecule has 5 nitrogen and oxygen atoms in total. The van der Waals surface area contributed by atoms with E-state index in [0.717, 1.165) is 6.42 Å². The van der Waals surface area contributed by atoms with Gasteiger partial charge in [-0.3, -0.25) is 9.59 Å². The van der Waals surface area contributed by atoms with Crippen molar-refractivity contribution in [2.24, 2.45) is 0 Å². The van der Waals surface area contributed by atoms with E-state index in [2.05, 4.69) is 10.6 Å². The normalized spacial score (nSPS) is 20.7. The monoisotopic (exact) mass is 412 g/mol. The summed E-state index contributed by atoms with van der Waals surface area (Å²) in [4.78, 5) is 23.6. The van der Waals surface area contributed by atoms with Crippen LogP contribution < -0.4 is 10.6 Å². The Bertz CT molecular complexity index is 698. The minimum atomic E-state index is -0.0242. The van der Waals surface area contributed by atoms with E-state index in [1.54, 1.807) is 43.8 Å². The van der Waals surface area contributed by atoms with E-state index in [9.17, 15) is 9.59 Å². The van der Waals surface area contributed by atoms with Crippen LogP contribution in [0.4, 0.5) is 0 Å². The molecule has 147 valence electrons. The molecule has 0 aromatic heterocycles. The molecule has 0 aromatic carbocycles. The van der Waals surface area contributed by atoms with Gasteiger partial charge in [-0.05, 0) is 30.7 Å². The molecule has 0 aromatic rings. The van der Waals surface area contributed by atoms with Crippen molar-refractivity contribution in [3.63, 3.8) is 0 Å². The van der Waals surface area contributed by atoms with Gasteiger partial charge < -0.3 is 21.8 Å². The van der Waals surface area contributed by atoms with Crippen LogP contribution in [0.15, 0.2) is 72.2 Å². The van der Waals surface area contributed by atoms with Gasteiger partial charge in [-0.25, -0.2) is 0 Å². The van der Waals surface area contributed by atoms with E-state index < -0.39 is 0 Å². The molecule has 0 spiro atoms. The zero-order chi connectivity index (χ0) is 18.8. The topological polar surface area (TPSA) is 67.4 Å². The van der Waals surface area contributed by atoms with Gasteiger partial charge in [0.1, 0.15) is 0 Å². The summed E-state index contributed by atoms with van der Waals surface area (Å²) in [5, 5.41) is 6.48. The standard InChI is InChI=1S/C21H25N2O3.Co/c1-3-19(26-2)12-18(23-14-17-9-5-7-11-21(17)25)15-22-13-16-8-4-6-10-20(16)24;/h3-11,13-14,18-19,22-23H,12,15H2,1-2H3;/q-1;/b16-13-,17-14-;. The predicted molar refractivity (Wildman–Crippen MR) is 103 cm³/mol. The van der Waals surface area contributed by atoms with Crippen molar-refractivity contribution in [2.75, 3.05) is 13.7 Å². The number of methoxy groups -OCH3 is 1. The fourth-order valence-electron chi connectivity index (χ4n) is 2.58. The van der Waals surface area contributed by atoms with E-state index in [-0.39, 0.29) is 40.5 Å². The molecule has 2 atom stereocenters. The van der Waals surface area contributed by atoms with Crippen LogP contribution in [-0.4, -0.2) is 37.4 Å². The first-order valence-corrected chi connectivity index (χ1v) is 8.64. The van der Waals surface area contributed by atoms with E-state index in [0.29, 0.717) is 17.7 Å². The smallest absolute Gasteiger partial charge is 0.187 e. The minimum absolute atomic E-state index is 0. The quantitative estimate of drug-likeness (QED) is 0.450. The van der Waals surface area contributed by atoms with Crippen LogP contribution in [-0.2, 0) is 31.1 Å². The first-order valence-electron chi connectivity index (χ1n) is 8.64. The third-order valence-corrected chi connectivity index (χ3v) is 4.13. The SMILES string of the molecule is C[CH-]C(CC(CN/C=C1/C=CC=CC1=O)N/C=C1/C=CC=CC1=O)OC.[Co]. The molecule has 0 aliphatic heterocycles. The van der Waals surface area contributed by atoms with Crippen LogP contribution in [0.25, 0.3) is 0 Å². The average Bonchev–Trinajstić information content (AvgIpc) is 2.66. The Hall–Kier alpha value is -2.15. The Morgan fingerprint density at radius 3 is 2.07 bits per heavy atom. The number of hydrogen-bond donors (Lipinski definition) is 2. The predicted octanol–water partition coefficient (Wildman–Crippen LogP) is 2.32. The van der Waals surface area contributed by atoms with Gasteiger partial charge in [0.15, 0.2) is 11.6 Å². The third-order valence-electron chi connectivity index (χ3n) is 4.13. The van der Waals surface area contributed by atoms with E-state index in [1.165, 1.54) is 12.2 Å². The summed E-state index contributed by atoms with van der Waals surface area (Å²) in [5.74, 6) is -0.0445. The van der Waals surface area contributed by atoms with Crippen molar-refractivity contribution in [1.29, 1.82) is 0 Å². The largest absolute Gasteiger partial charge is 0.413 e. The number of rotatable bonds is 9. The van der Waals surface area contributed by atoms with Crippen molar-refractivity contribution < 1.29 is 31.1 Å². The molecule has 2 aliphatic carbocycles. The average molecular weight is 412 g/mol. The number of hydrogen-bond acceptors (Lipinski definition) is 5. The number of ether oxygens (including phenoxy) is 1. The van der Waals surface area contributed by atoms with Gasteiger partial charge >= 0.3 is 0 Å². The Balaban J connectivity index is 0.00000364. The number of carbonyl (C=O) groups excluding carboxylic acids is 2. The van der Waals surface area contributed by atoms with E-state index in [4.69, 9.17) is 4.74 Å². The molecule has 27 heavy (non-hydrogen) atoms. The summed E-state index contributed by atoms with van der Waals surface area (Å²) in [6.45, 7) is 2.54. The molecule has 6 heteroatoms. The van der Waals surface area contributed by atoms with Gasteiger partial charge in [0.2, 0.25) is 0 Å². The van der Waals surface area contributed by atoms with Gasteiger partial charge in [-0.2, -0.15) is 6.92 Å². The van der Waals surface area contributed by atoms with Crippen molar-refractivity contribution in [3.8, 4) is 0 Å². The van der Waals surface area contributed by atoms with Crippen LogP contribution in [0.2, 0.25) is 0 Å². The Kier molecular flexibility index (Phi) is 10.4. The summed E-state index contributed by atoms with van der Waals surface area (Å²) >= 11 is 0. The van der Waals surface area contributed by atoms with Gasteiger partial charge in [0, 0.05) is 60.0 Å². The zero-order valence-electron chi connectivity index (χ0n) is 15.5. The van der Waals surface area contributed by atoms with Gasteiger partial charge in [-0.1, -0.05) is 30.4 Å². The van der Waals surface area contributed by atoms with Crippen molar-refractivity contribution in [2.45, 2.75) is 25.5 Å². The number of nitrogens with one attached hydrogen (secondary N) is 2. The van der Waals surface area contributed by atoms with Crippen molar-refractivity contribution in [1.82, 2.24) is 10.6 Å². The fraction of sp³-hybridized carbons (Fsp3) is 0.286. The van der Waals surface area contributed by atoms with Crippen LogP contribution in [0.1, 0.15) is 13.3 Å². The van der Waals surface area contributed by atoms with Crippen LogP contribution in [0.5, 0.6) is 0 Å². The van der Waals surface area contributed by atoms with Gasteiger partial charge in [0.25, 0.3) is 0 Å². The first kappa shape index (κ1) is 22.9. The second-order valence-corrected chi connectivity index (χ2v) is 5.98. The van der Waals surface area contributed by atoms with E-state index >= 15 is 0 Å². The number of carbonyl (C=O) groups is 2. The molecule has 0 amide bonds. The third kappa shape index (κ3) is 7.54. The Morgan fingerprint density at radius 1 is 1.00 bits per heavy atom. The molecule has 0 bridgehead atoms. The zero-order valence-corrected chi connectivity index (χ0v) is 16.5. The van der Waals surface area contributed by atoms with Crippen molar-refractivity contribution in [3.05, 3.63) is 78.6 Å². The molecule has 2 N–H and O–H groups in total. The molecule has 2 aliphatic rings. The maximum atomic E-state index is 11.8. The minimum Gasteiger partial charge on any atom is -0.413 e. The van der Waals surface area contributed by atoms with Crippen LogP contribution in [0.3, 0.4) is 0 Å². The Morgan fingerprint density at radius 2 is 1.56 bits per heavy atom. The van der Waals surface area contributed by atoms with Gasteiger partial charge in [0.05, 0.1) is 0 Å². The molecular weight excluding hydrogens is 387 g/mol. The summed E-state index contributed by atoms with van der Waals surface area (Å²) < 4.78 is 5.43. The molecule has 0 saturated heterocycles. The molecule has 0 fully saturated rings. The maximum Gasteiger partial charge on any atom is 0.187 e. The second kappa shape index (κ2) is 12.3. The number of allylic oxidation sites excluding steroid dienone is 10. The molecule has 2 unspecified atom stereocenters. The fourth-order valence-corrected chi connectivity index (χ4v) is 2.58. The van der Waals surface area contributed by atoms with Gasteiger partial charge in [-0.15, -0.1) is 0 Å². The molecule has 0 saturated carbocycles. The summed E-state index contributed by atoms with van der Waals surface area (Å²) in [6, 6.07) is 0.0193. The Labute approximate surface area is 171 Å². The molecule has 1 radical (unpaired) electrons. The summed E-state index contributed by atoms with van der Waals surface area (Å²) in [7, 11) is 1.67. The van der Waals surface area contributed by atoms with Crippen LogP contribution in [0, 0.1) is 6.42 Å².